The van der Waals surface area contributed by atoms with Crippen LogP contribution in [0.15, 0.2) is 48.5 Å². The molecule has 0 fully saturated rings. The number of fused-ring (bicyclic) bond motifs is 1. The summed E-state index contributed by atoms with van der Waals surface area (Å²) < 4.78 is 18.6. The number of thioether (sulfide) groups is 1. The van der Waals surface area contributed by atoms with Crippen LogP contribution in [0.1, 0.15) is 27.1 Å². The number of urea groups is 1. The van der Waals surface area contributed by atoms with E-state index in [1.807, 2.05) is 5.32 Å². The van der Waals surface area contributed by atoms with Crippen LogP contribution >= 0.6 is 11.8 Å². The van der Waals surface area contributed by atoms with Crippen molar-refractivity contribution in [3.8, 4) is 0 Å². The van der Waals surface area contributed by atoms with Gasteiger partial charge in [-0.05, 0) is 42.7 Å². The molecular formula is C22H20FN3O6S. The van der Waals surface area contributed by atoms with Crippen molar-refractivity contribution in [3.05, 3.63) is 65.5 Å². The highest BCUT2D eigenvalue weighted by molar-refractivity contribution is 7.98. The first-order chi connectivity index (χ1) is 15.8. The molecule has 1 aliphatic rings. The number of nitrogens with zero attached hydrogens (tertiary/aromatic N) is 1. The standard InChI is InChI=1S/C22H20FN3O6S/c1-33-11-10-17(26-19(28)13-6-2-3-7-14(13)20(26)29)21(30)32-12-18(27)25-22(31)24-16-9-5-4-8-15(16)23/h2-9,17H,10-12H2,1H3,(H2,24,25,27,31). The van der Waals surface area contributed by atoms with E-state index in [2.05, 4.69) is 5.32 Å². The van der Waals surface area contributed by atoms with E-state index in [0.717, 1.165) is 11.0 Å². The van der Waals surface area contributed by atoms with Gasteiger partial charge in [-0.1, -0.05) is 24.3 Å². The minimum absolute atomic E-state index is 0.126. The lowest BCUT2D eigenvalue weighted by Gasteiger charge is -2.24. The molecule has 0 aromatic heterocycles. The highest BCUT2D eigenvalue weighted by Gasteiger charge is 2.43. The topological polar surface area (TPSA) is 122 Å². The molecule has 1 aliphatic heterocycles. The Bertz CT molecular complexity index is 1070. The Morgan fingerprint density at radius 3 is 2.24 bits per heavy atom. The minimum atomic E-state index is -1.23. The van der Waals surface area contributed by atoms with E-state index < -0.39 is 48.2 Å². The van der Waals surface area contributed by atoms with Crippen LogP contribution in [0.3, 0.4) is 0 Å². The van der Waals surface area contributed by atoms with Gasteiger partial charge >= 0.3 is 12.0 Å². The zero-order valence-electron chi connectivity index (χ0n) is 17.5. The van der Waals surface area contributed by atoms with E-state index in [1.165, 1.54) is 42.1 Å². The smallest absolute Gasteiger partial charge is 0.329 e. The molecule has 0 bridgehead atoms. The van der Waals surface area contributed by atoms with E-state index >= 15 is 0 Å². The summed E-state index contributed by atoms with van der Waals surface area (Å²) in [6.07, 6.45) is 1.92. The molecule has 9 nitrogen and oxygen atoms in total. The van der Waals surface area contributed by atoms with Crippen LogP contribution in [0.2, 0.25) is 0 Å². The van der Waals surface area contributed by atoms with Gasteiger partial charge in [-0.15, -0.1) is 0 Å². The van der Waals surface area contributed by atoms with Gasteiger partial charge in [0.1, 0.15) is 11.9 Å². The van der Waals surface area contributed by atoms with Crippen molar-refractivity contribution in [1.82, 2.24) is 10.2 Å². The molecule has 3 rings (SSSR count). The number of halogens is 1. The summed E-state index contributed by atoms with van der Waals surface area (Å²) in [6, 6.07) is 9.33. The lowest BCUT2D eigenvalue weighted by molar-refractivity contribution is -0.152. The molecule has 2 aromatic rings. The number of benzene rings is 2. The van der Waals surface area contributed by atoms with Gasteiger partial charge in [0, 0.05) is 0 Å². The zero-order chi connectivity index (χ0) is 24.0. The maximum atomic E-state index is 13.6. The largest absolute Gasteiger partial charge is 0.454 e. The normalized spacial score (nSPS) is 13.3. The van der Waals surface area contributed by atoms with Crippen LogP contribution in [0, 0.1) is 5.82 Å². The fourth-order valence-corrected chi connectivity index (χ4v) is 3.64. The number of hydrogen-bond donors (Lipinski definition) is 2. The second-order valence-corrected chi connectivity index (χ2v) is 7.90. The van der Waals surface area contributed by atoms with E-state index in [0.29, 0.717) is 5.75 Å². The van der Waals surface area contributed by atoms with Gasteiger partial charge in [-0.3, -0.25) is 24.6 Å². The summed E-state index contributed by atoms with van der Waals surface area (Å²) >= 11 is 1.41. The van der Waals surface area contributed by atoms with Gasteiger partial charge in [0.05, 0.1) is 16.8 Å². The van der Waals surface area contributed by atoms with Crippen LogP contribution < -0.4 is 10.6 Å². The number of carbonyl (C=O) groups is 5. The molecule has 0 saturated heterocycles. The van der Waals surface area contributed by atoms with Crippen LogP contribution in [-0.2, 0) is 14.3 Å². The number of carbonyl (C=O) groups excluding carboxylic acids is 5. The SMILES string of the molecule is CSCCC(C(=O)OCC(=O)NC(=O)Nc1ccccc1F)N1C(=O)c2ccccc2C1=O. The molecule has 11 heteroatoms. The summed E-state index contributed by atoms with van der Waals surface area (Å²) in [5.41, 5.74) is 0.238. The fourth-order valence-electron chi connectivity index (χ4n) is 3.18. The number of amides is 5. The van der Waals surface area contributed by atoms with Gasteiger partial charge in [0.15, 0.2) is 6.61 Å². The Hall–Kier alpha value is -3.73. The number of esters is 1. The summed E-state index contributed by atoms with van der Waals surface area (Å²) in [5.74, 6) is -3.40. The van der Waals surface area contributed by atoms with Gasteiger partial charge in [-0.2, -0.15) is 11.8 Å². The van der Waals surface area contributed by atoms with Gasteiger partial charge in [0.2, 0.25) is 0 Å². The first-order valence-corrected chi connectivity index (χ1v) is 11.2. The lowest BCUT2D eigenvalue weighted by atomic mass is 10.1. The quantitative estimate of drug-likeness (QED) is 0.446. The second kappa shape index (κ2) is 10.7. The third kappa shape index (κ3) is 5.55. The molecule has 1 unspecified atom stereocenters. The molecule has 33 heavy (non-hydrogen) atoms. The molecule has 0 spiro atoms. The molecule has 0 saturated carbocycles. The van der Waals surface area contributed by atoms with Crippen molar-refractivity contribution < 1.29 is 33.1 Å². The number of para-hydroxylation sites is 1. The number of nitrogens with one attached hydrogen (secondary N) is 2. The maximum absolute atomic E-state index is 13.6. The number of hydrogen-bond acceptors (Lipinski definition) is 7. The van der Waals surface area contributed by atoms with Crippen molar-refractivity contribution in [1.29, 1.82) is 0 Å². The fraction of sp³-hybridized carbons (Fsp3) is 0.227. The Balaban J connectivity index is 1.61. The zero-order valence-corrected chi connectivity index (χ0v) is 18.3. The van der Waals surface area contributed by atoms with Crippen molar-refractivity contribution in [3.63, 3.8) is 0 Å². The summed E-state index contributed by atoms with van der Waals surface area (Å²) in [7, 11) is 0. The molecule has 1 atom stereocenters. The van der Waals surface area contributed by atoms with Crippen molar-refractivity contribution in [2.75, 3.05) is 23.9 Å². The molecular weight excluding hydrogens is 453 g/mol. The molecule has 5 amide bonds. The minimum Gasteiger partial charge on any atom is -0.454 e. The van der Waals surface area contributed by atoms with Gasteiger partial charge in [-0.25, -0.2) is 14.0 Å². The first kappa shape index (κ1) is 23.9. The number of anilines is 1. The molecule has 2 N–H and O–H groups in total. The van der Waals surface area contributed by atoms with E-state index in [4.69, 9.17) is 4.74 Å². The highest BCUT2D eigenvalue weighted by atomic mass is 32.2. The first-order valence-electron chi connectivity index (χ1n) is 9.81. The Morgan fingerprint density at radius 1 is 1.03 bits per heavy atom. The highest BCUT2D eigenvalue weighted by Crippen LogP contribution is 2.26. The van der Waals surface area contributed by atoms with E-state index in [-0.39, 0.29) is 23.2 Å². The van der Waals surface area contributed by atoms with Crippen LogP contribution in [0.5, 0.6) is 0 Å². The Labute approximate surface area is 192 Å². The average molecular weight is 473 g/mol. The predicted molar refractivity (Wildman–Crippen MR) is 118 cm³/mol. The maximum Gasteiger partial charge on any atom is 0.329 e. The van der Waals surface area contributed by atoms with Crippen molar-refractivity contribution in [2.24, 2.45) is 0 Å². The number of rotatable bonds is 8. The Morgan fingerprint density at radius 2 is 1.64 bits per heavy atom. The molecule has 1 heterocycles. The lowest BCUT2D eigenvalue weighted by Crippen LogP contribution is -2.47. The molecule has 172 valence electrons. The monoisotopic (exact) mass is 473 g/mol. The van der Waals surface area contributed by atoms with E-state index in [9.17, 15) is 28.4 Å². The third-order valence-electron chi connectivity index (χ3n) is 4.73. The van der Waals surface area contributed by atoms with Crippen LogP contribution in [0.4, 0.5) is 14.9 Å². The number of imide groups is 2. The van der Waals surface area contributed by atoms with Crippen LogP contribution in [0.25, 0.3) is 0 Å². The summed E-state index contributed by atoms with van der Waals surface area (Å²) in [5, 5.41) is 4.07. The summed E-state index contributed by atoms with van der Waals surface area (Å²) in [4.78, 5) is 62.9. The van der Waals surface area contributed by atoms with Crippen molar-refractivity contribution in [2.45, 2.75) is 12.5 Å². The molecule has 0 radical (unpaired) electrons. The summed E-state index contributed by atoms with van der Waals surface area (Å²) in [6.45, 7) is -0.831. The predicted octanol–water partition coefficient (Wildman–Crippen LogP) is 2.43. The molecule has 0 aliphatic carbocycles. The number of ether oxygens (including phenoxy) is 1. The van der Waals surface area contributed by atoms with E-state index in [1.54, 1.807) is 18.4 Å². The van der Waals surface area contributed by atoms with Gasteiger partial charge < -0.3 is 10.1 Å². The molecule has 2 aromatic carbocycles. The average Bonchev–Trinajstić information content (AvgIpc) is 3.05. The van der Waals surface area contributed by atoms with Crippen molar-refractivity contribution >= 4 is 47.2 Å². The third-order valence-corrected chi connectivity index (χ3v) is 5.37. The Kier molecular flexibility index (Phi) is 7.78. The van der Waals surface area contributed by atoms with Crippen LogP contribution in [-0.4, -0.2) is 59.3 Å². The van der Waals surface area contributed by atoms with Gasteiger partial charge in [0.25, 0.3) is 17.7 Å². The second-order valence-electron chi connectivity index (χ2n) is 6.91.